The van der Waals surface area contributed by atoms with Crippen molar-refractivity contribution in [2.45, 2.75) is 25.8 Å². The zero-order valence-electron chi connectivity index (χ0n) is 17.4. The average Bonchev–Trinajstić information content (AvgIpc) is 2.76. The molecule has 0 spiro atoms. The van der Waals surface area contributed by atoms with Gasteiger partial charge in [0.1, 0.15) is 5.75 Å². The van der Waals surface area contributed by atoms with E-state index in [0.717, 1.165) is 12.8 Å². The van der Waals surface area contributed by atoms with Crippen molar-refractivity contribution in [1.29, 1.82) is 0 Å². The van der Waals surface area contributed by atoms with E-state index in [1.165, 1.54) is 0 Å². The number of hydrogen-bond donors (Lipinski definition) is 3. The molecule has 1 heterocycles. The van der Waals surface area contributed by atoms with Crippen molar-refractivity contribution >= 4 is 18.0 Å². The summed E-state index contributed by atoms with van der Waals surface area (Å²) < 4.78 is 10.2. The van der Waals surface area contributed by atoms with Gasteiger partial charge in [-0.25, -0.2) is 4.79 Å². The van der Waals surface area contributed by atoms with Crippen LogP contribution < -0.4 is 20.7 Å². The molecule has 0 unspecified atom stereocenters. The maximum absolute atomic E-state index is 12.2. The Labute approximate surface area is 171 Å². The van der Waals surface area contributed by atoms with E-state index in [2.05, 4.69) is 20.9 Å². The highest BCUT2D eigenvalue weighted by atomic mass is 16.6. The molecule has 0 atom stereocenters. The van der Waals surface area contributed by atoms with Crippen LogP contribution >= 0.6 is 0 Å². The monoisotopic (exact) mass is 405 g/mol. The first-order chi connectivity index (χ1) is 14.1. The largest absolute Gasteiger partial charge is 0.497 e. The first kappa shape index (κ1) is 22.3. The number of ether oxygens (including phenoxy) is 2. The molecular formula is C20H31N5O4. The number of nitrogens with one attached hydrogen (secondary N) is 3. The highest BCUT2D eigenvalue weighted by molar-refractivity contribution is 5.94. The lowest BCUT2D eigenvalue weighted by atomic mass is 10.1. The molecule has 2 amide bonds. The number of rotatable bonds is 7. The SMILES string of the molecule is CCOC(=O)N1CCC(NC(=NC)NCCNC(=O)c2cccc(OC)c2)CC1. The number of benzene rings is 1. The molecule has 1 aliphatic heterocycles. The average molecular weight is 405 g/mol. The second-order valence-electron chi connectivity index (χ2n) is 6.59. The zero-order chi connectivity index (χ0) is 21.1. The van der Waals surface area contributed by atoms with Crippen LogP contribution in [0.3, 0.4) is 0 Å². The van der Waals surface area contributed by atoms with Crippen LogP contribution in [-0.4, -0.2) is 75.8 Å². The van der Waals surface area contributed by atoms with Crippen LogP contribution in [0, 0.1) is 0 Å². The summed E-state index contributed by atoms with van der Waals surface area (Å²) >= 11 is 0. The quantitative estimate of drug-likeness (QED) is 0.358. The fourth-order valence-corrected chi connectivity index (χ4v) is 3.03. The highest BCUT2D eigenvalue weighted by Crippen LogP contribution is 2.12. The van der Waals surface area contributed by atoms with Crippen molar-refractivity contribution in [2.75, 3.05) is 46.9 Å². The Balaban J connectivity index is 1.68. The molecule has 1 aromatic rings. The summed E-state index contributed by atoms with van der Waals surface area (Å²) in [7, 11) is 3.28. The van der Waals surface area contributed by atoms with Crippen LogP contribution in [0.1, 0.15) is 30.1 Å². The van der Waals surface area contributed by atoms with Gasteiger partial charge in [-0.3, -0.25) is 9.79 Å². The number of nitrogens with zero attached hydrogens (tertiary/aromatic N) is 2. The Morgan fingerprint density at radius 1 is 1.21 bits per heavy atom. The number of amides is 2. The first-order valence-electron chi connectivity index (χ1n) is 9.88. The van der Waals surface area contributed by atoms with Gasteiger partial charge in [-0.05, 0) is 38.0 Å². The lowest BCUT2D eigenvalue weighted by Gasteiger charge is -2.32. The van der Waals surface area contributed by atoms with E-state index in [-0.39, 0.29) is 18.0 Å². The van der Waals surface area contributed by atoms with Gasteiger partial charge in [0.2, 0.25) is 0 Å². The third kappa shape index (κ3) is 7.17. The molecule has 1 aliphatic rings. The summed E-state index contributed by atoms with van der Waals surface area (Å²) in [5.74, 6) is 1.17. The van der Waals surface area contributed by atoms with E-state index in [1.54, 1.807) is 50.2 Å². The van der Waals surface area contributed by atoms with Crippen LogP contribution in [-0.2, 0) is 4.74 Å². The predicted octanol–water partition coefficient (Wildman–Crippen LogP) is 1.21. The first-order valence-corrected chi connectivity index (χ1v) is 9.88. The molecule has 160 valence electrons. The predicted molar refractivity (Wildman–Crippen MR) is 111 cm³/mol. The summed E-state index contributed by atoms with van der Waals surface area (Å²) in [6.07, 6.45) is 1.40. The standard InChI is InChI=1S/C20H31N5O4/c1-4-29-20(27)25-12-8-16(9-13-25)24-19(21-2)23-11-10-22-18(26)15-6-5-7-17(14-15)28-3/h5-7,14,16H,4,8-13H2,1-3H3,(H,22,26)(H2,21,23,24). The molecule has 3 N–H and O–H groups in total. The molecule has 9 heteroatoms. The molecule has 1 aromatic carbocycles. The summed E-state index contributed by atoms with van der Waals surface area (Å²) in [4.78, 5) is 29.9. The Bertz CT molecular complexity index is 702. The van der Waals surface area contributed by atoms with Gasteiger partial charge in [0, 0.05) is 44.8 Å². The highest BCUT2D eigenvalue weighted by Gasteiger charge is 2.23. The number of carbonyl (C=O) groups excluding carboxylic acids is 2. The van der Waals surface area contributed by atoms with Gasteiger partial charge in [0.15, 0.2) is 5.96 Å². The minimum absolute atomic E-state index is 0.153. The van der Waals surface area contributed by atoms with E-state index >= 15 is 0 Å². The van der Waals surface area contributed by atoms with E-state index in [1.807, 2.05) is 0 Å². The van der Waals surface area contributed by atoms with Gasteiger partial charge in [0.05, 0.1) is 13.7 Å². The van der Waals surface area contributed by atoms with Crippen LogP contribution in [0.15, 0.2) is 29.3 Å². The van der Waals surface area contributed by atoms with E-state index in [9.17, 15) is 9.59 Å². The van der Waals surface area contributed by atoms with Gasteiger partial charge in [-0.1, -0.05) is 6.07 Å². The number of methoxy groups -OCH3 is 1. The second kappa shape index (κ2) is 11.8. The van der Waals surface area contributed by atoms with Gasteiger partial charge in [0.25, 0.3) is 5.91 Å². The van der Waals surface area contributed by atoms with Crippen molar-refractivity contribution in [3.05, 3.63) is 29.8 Å². The van der Waals surface area contributed by atoms with Crippen LogP contribution in [0.25, 0.3) is 0 Å². The molecule has 0 saturated carbocycles. The topological polar surface area (TPSA) is 104 Å². The molecule has 9 nitrogen and oxygen atoms in total. The number of likely N-dealkylation sites (tertiary alicyclic amines) is 1. The zero-order valence-corrected chi connectivity index (χ0v) is 17.4. The number of carbonyl (C=O) groups is 2. The molecule has 0 aromatic heterocycles. The maximum Gasteiger partial charge on any atom is 0.409 e. The minimum Gasteiger partial charge on any atom is -0.497 e. The van der Waals surface area contributed by atoms with Crippen molar-refractivity contribution in [1.82, 2.24) is 20.9 Å². The lowest BCUT2D eigenvalue weighted by molar-refractivity contribution is 0.0947. The van der Waals surface area contributed by atoms with Gasteiger partial charge in [-0.2, -0.15) is 0 Å². The molecular weight excluding hydrogens is 374 g/mol. The molecule has 0 aliphatic carbocycles. The second-order valence-corrected chi connectivity index (χ2v) is 6.59. The number of guanidine groups is 1. The summed E-state index contributed by atoms with van der Waals surface area (Å²) in [6.45, 7) is 4.51. The Hall–Kier alpha value is -2.97. The van der Waals surface area contributed by atoms with Gasteiger partial charge in [-0.15, -0.1) is 0 Å². The molecule has 1 saturated heterocycles. The third-order valence-electron chi connectivity index (χ3n) is 4.62. The Kier molecular flexibility index (Phi) is 9.07. The van der Waals surface area contributed by atoms with Crippen molar-refractivity contribution in [3.8, 4) is 5.75 Å². The number of hydrogen-bond acceptors (Lipinski definition) is 5. The summed E-state index contributed by atoms with van der Waals surface area (Å²) in [6, 6.07) is 7.26. The van der Waals surface area contributed by atoms with E-state index < -0.39 is 0 Å². The molecule has 2 rings (SSSR count). The van der Waals surface area contributed by atoms with E-state index in [0.29, 0.717) is 50.1 Å². The minimum atomic E-state index is -0.250. The van der Waals surface area contributed by atoms with Crippen molar-refractivity contribution in [3.63, 3.8) is 0 Å². The molecule has 0 bridgehead atoms. The molecule has 0 radical (unpaired) electrons. The number of aliphatic imine (C=N–C) groups is 1. The Morgan fingerprint density at radius 3 is 2.59 bits per heavy atom. The summed E-state index contributed by atoms with van der Waals surface area (Å²) in [5, 5.41) is 9.42. The van der Waals surface area contributed by atoms with E-state index in [4.69, 9.17) is 9.47 Å². The normalized spacial score (nSPS) is 14.9. The van der Waals surface area contributed by atoms with Crippen LogP contribution in [0.5, 0.6) is 5.75 Å². The lowest BCUT2D eigenvalue weighted by Crippen LogP contribution is -2.50. The maximum atomic E-state index is 12.2. The fourth-order valence-electron chi connectivity index (χ4n) is 3.03. The van der Waals surface area contributed by atoms with Crippen molar-refractivity contribution < 1.29 is 19.1 Å². The van der Waals surface area contributed by atoms with Crippen molar-refractivity contribution in [2.24, 2.45) is 4.99 Å². The number of piperidine rings is 1. The van der Waals surface area contributed by atoms with Crippen LogP contribution in [0.4, 0.5) is 4.79 Å². The third-order valence-corrected chi connectivity index (χ3v) is 4.62. The van der Waals surface area contributed by atoms with Gasteiger partial charge < -0.3 is 30.3 Å². The fraction of sp³-hybridized carbons (Fsp3) is 0.550. The Morgan fingerprint density at radius 2 is 1.93 bits per heavy atom. The molecule has 1 fully saturated rings. The van der Waals surface area contributed by atoms with Crippen LogP contribution in [0.2, 0.25) is 0 Å². The smallest absolute Gasteiger partial charge is 0.409 e. The molecule has 29 heavy (non-hydrogen) atoms. The van der Waals surface area contributed by atoms with Gasteiger partial charge >= 0.3 is 6.09 Å². The summed E-state index contributed by atoms with van der Waals surface area (Å²) in [5.41, 5.74) is 0.556.